The van der Waals surface area contributed by atoms with Crippen LogP contribution in [0.4, 0.5) is 5.69 Å². The minimum Gasteiger partial charge on any atom is -0.495 e. The summed E-state index contributed by atoms with van der Waals surface area (Å²) in [6, 6.07) is 9.91. The highest BCUT2D eigenvalue weighted by Crippen LogP contribution is 2.29. The van der Waals surface area contributed by atoms with Crippen LogP contribution in [0.2, 0.25) is 0 Å². The number of benzene rings is 2. The Bertz CT molecular complexity index is 1140. The highest BCUT2D eigenvalue weighted by atomic mass is 32.1. The largest absolute Gasteiger partial charge is 0.495 e. The summed E-state index contributed by atoms with van der Waals surface area (Å²) >= 11 is 1.41. The number of fused-ring (bicyclic) bond motifs is 1. The van der Waals surface area contributed by atoms with Crippen LogP contribution < -0.4 is 9.54 Å². The summed E-state index contributed by atoms with van der Waals surface area (Å²) in [4.78, 5) is 27.3. The number of carbonyl (C=O) groups excluding carboxylic acids is 1. The number of nitrogens with zero attached hydrogens (tertiary/aromatic N) is 3. The van der Waals surface area contributed by atoms with E-state index in [0.29, 0.717) is 10.4 Å². The molecule has 0 N–H and O–H groups in total. The first kappa shape index (κ1) is 18.5. The highest BCUT2D eigenvalue weighted by molar-refractivity contribution is 7.16. The van der Waals surface area contributed by atoms with Gasteiger partial charge in [-0.3, -0.25) is 14.9 Å². The van der Waals surface area contributed by atoms with Crippen LogP contribution in [0.5, 0.6) is 5.75 Å². The SMILES string of the molecule is COc1ccc(C)c2sc(=NC(=O)C=Cc3cccc([N+](=O)[O-])c3)n(C)c12. The van der Waals surface area contributed by atoms with E-state index in [1.165, 1.54) is 35.6 Å². The van der Waals surface area contributed by atoms with Crippen LogP contribution >= 0.6 is 11.3 Å². The Morgan fingerprint density at radius 2 is 2.11 bits per heavy atom. The zero-order valence-corrected chi connectivity index (χ0v) is 15.8. The molecule has 0 fully saturated rings. The molecule has 0 aliphatic heterocycles. The van der Waals surface area contributed by atoms with Crippen molar-refractivity contribution in [3.8, 4) is 5.75 Å². The van der Waals surface area contributed by atoms with Crippen molar-refractivity contribution in [2.75, 3.05) is 7.11 Å². The second kappa shape index (κ2) is 7.55. The van der Waals surface area contributed by atoms with E-state index in [4.69, 9.17) is 4.74 Å². The van der Waals surface area contributed by atoms with Gasteiger partial charge in [-0.1, -0.05) is 29.5 Å². The Morgan fingerprint density at radius 1 is 1.33 bits per heavy atom. The van der Waals surface area contributed by atoms with Gasteiger partial charge in [0.25, 0.3) is 11.6 Å². The summed E-state index contributed by atoms with van der Waals surface area (Å²) in [5.74, 6) is 0.274. The van der Waals surface area contributed by atoms with Crippen LogP contribution in [0.15, 0.2) is 47.5 Å². The van der Waals surface area contributed by atoms with E-state index in [2.05, 4.69) is 4.99 Å². The molecule has 2 aromatic carbocycles. The quantitative estimate of drug-likeness (QED) is 0.391. The molecule has 0 aliphatic carbocycles. The molecule has 0 saturated carbocycles. The molecule has 3 rings (SSSR count). The summed E-state index contributed by atoms with van der Waals surface area (Å²) in [5.41, 5.74) is 2.50. The minimum absolute atomic E-state index is 0.0278. The van der Waals surface area contributed by atoms with Gasteiger partial charge in [0.2, 0.25) is 0 Å². The second-order valence-electron chi connectivity index (χ2n) is 5.84. The average Bonchev–Trinajstić information content (AvgIpc) is 2.98. The minimum atomic E-state index is -0.476. The first-order valence-corrected chi connectivity index (χ1v) is 8.86. The number of hydrogen-bond donors (Lipinski definition) is 0. The third-order valence-electron chi connectivity index (χ3n) is 4.03. The number of amides is 1. The zero-order chi connectivity index (χ0) is 19.6. The Kier molecular flexibility index (Phi) is 5.18. The number of rotatable bonds is 4. The molecule has 7 nitrogen and oxygen atoms in total. The van der Waals surface area contributed by atoms with Crippen molar-refractivity contribution in [3.05, 3.63) is 68.5 Å². The maximum atomic E-state index is 12.2. The first-order valence-electron chi connectivity index (χ1n) is 8.05. The molecule has 0 aliphatic rings. The molecule has 0 spiro atoms. The van der Waals surface area contributed by atoms with Crippen molar-refractivity contribution in [1.82, 2.24) is 4.57 Å². The molecule has 1 aromatic heterocycles. The molecule has 0 bridgehead atoms. The predicted molar refractivity (Wildman–Crippen MR) is 105 cm³/mol. The number of hydrogen-bond acceptors (Lipinski definition) is 5. The van der Waals surface area contributed by atoms with Crippen molar-refractivity contribution in [1.29, 1.82) is 0 Å². The van der Waals surface area contributed by atoms with Crippen molar-refractivity contribution in [2.45, 2.75) is 6.92 Å². The Morgan fingerprint density at radius 3 is 2.81 bits per heavy atom. The molecule has 1 heterocycles. The topological polar surface area (TPSA) is 86.7 Å². The fourth-order valence-electron chi connectivity index (χ4n) is 2.66. The van der Waals surface area contributed by atoms with Gasteiger partial charge in [-0.25, -0.2) is 0 Å². The van der Waals surface area contributed by atoms with Crippen molar-refractivity contribution >= 4 is 39.2 Å². The maximum absolute atomic E-state index is 12.2. The standard InChI is InChI=1S/C19H17N3O4S/c1-12-7-9-15(26-3)17-18(12)27-19(21(17)2)20-16(23)10-8-13-5-4-6-14(11-13)22(24)25/h4-11H,1-3H3. The average molecular weight is 383 g/mol. The van der Waals surface area contributed by atoms with E-state index in [0.717, 1.165) is 21.5 Å². The molecule has 138 valence electrons. The molecule has 0 unspecified atom stereocenters. The van der Waals surface area contributed by atoms with Gasteiger partial charge in [0.15, 0.2) is 4.80 Å². The number of non-ortho nitro benzene ring substituents is 1. The predicted octanol–water partition coefficient (Wildman–Crippen LogP) is 3.61. The third kappa shape index (κ3) is 3.80. The van der Waals surface area contributed by atoms with Crippen LogP contribution in [0.3, 0.4) is 0 Å². The summed E-state index contributed by atoms with van der Waals surface area (Å²) in [6.07, 6.45) is 2.81. The highest BCUT2D eigenvalue weighted by Gasteiger charge is 2.11. The number of nitro groups is 1. The van der Waals surface area contributed by atoms with Gasteiger partial charge in [0.1, 0.15) is 11.3 Å². The molecule has 1 amide bonds. The number of methoxy groups -OCH3 is 1. The summed E-state index contributed by atoms with van der Waals surface area (Å²) in [7, 11) is 3.43. The molecule has 27 heavy (non-hydrogen) atoms. The van der Waals surface area contributed by atoms with E-state index < -0.39 is 10.8 Å². The molecular weight excluding hydrogens is 366 g/mol. The lowest BCUT2D eigenvalue weighted by molar-refractivity contribution is -0.384. The number of thiazole rings is 1. The number of aromatic nitrogens is 1. The van der Waals surface area contributed by atoms with Gasteiger partial charge in [-0.15, -0.1) is 0 Å². The lowest BCUT2D eigenvalue weighted by Gasteiger charge is -2.05. The lowest BCUT2D eigenvalue weighted by Crippen LogP contribution is -2.12. The second-order valence-corrected chi connectivity index (χ2v) is 6.82. The van der Waals surface area contributed by atoms with Crippen molar-refractivity contribution in [3.63, 3.8) is 0 Å². The Labute approximate surface area is 159 Å². The van der Waals surface area contributed by atoms with Crippen LogP contribution in [-0.2, 0) is 11.8 Å². The van der Waals surface area contributed by atoms with E-state index >= 15 is 0 Å². The van der Waals surface area contributed by atoms with Gasteiger partial charge >= 0.3 is 0 Å². The smallest absolute Gasteiger partial charge is 0.272 e. The van der Waals surface area contributed by atoms with Gasteiger partial charge in [-0.05, 0) is 30.2 Å². The maximum Gasteiger partial charge on any atom is 0.272 e. The van der Waals surface area contributed by atoms with E-state index in [-0.39, 0.29) is 5.69 Å². The number of aryl methyl sites for hydroxylation is 2. The van der Waals surface area contributed by atoms with Crippen LogP contribution in [0.25, 0.3) is 16.3 Å². The number of nitro benzene ring substituents is 1. The van der Waals surface area contributed by atoms with Gasteiger partial charge < -0.3 is 9.30 Å². The van der Waals surface area contributed by atoms with Gasteiger partial charge in [0.05, 0.1) is 16.7 Å². The van der Waals surface area contributed by atoms with Crippen molar-refractivity contribution < 1.29 is 14.5 Å². The normalized spacial score (nSPS) is 12.0. The fourth-order valence-corrected chi connectivity index (χ4v) is 3.77. The molecular formula is C19H17N3O4S. The molecule has 8 heteroatoms. The molecule has 3 aromatic rings. The van der Waals surface area contributed by atoms with E-state index in [1.54, 1.807) is 19.2 Å². The number of ether oxygens (including phenoxy) is 1. The van der Waals surface area contributed by atoms with Crippen LogP contribution in [-0.4, -0.2) is 22.5 Å². The summed E-state index contributed by atoms with van der Waals surface area (Å²) in [5, 5.41) is 10.8. The van der Waals surface area contributed by atoms with Crippen LogP contribution in [0.1, 0.15) is 11.1 Å². The Balaban J connectivity index is 1.96. The Hall–Kier alpha value is -3.26. The van der Waals surface area contributed by atoms with Gasteiger partial charge in [-0.2, -0.15) is 4.99 Å². The van der Waals surface area contributed by atoms with E-state index in [1.807, 2.05) is 30.7 Å². The molecule has 0 saturated heterocycles. The lowest BCUT2D eigenvalue weighted by atomic mass is 10.2. The van der Waals surface area contributed by atoms with Crippen molar-refractivity contribution in [2.24, 2.45) is 12.0 Å². The van der Waals surface area contributed by atoms with Gasteiger partial charge in [0, 0.05) is 25.3 Å². The first-order chi connectivity index (χ1) is 12.9. The zero-order valence-electron chi connectivity index (χ0n) is 15.0. The monoisotopic (exact) mass is 383 g/mol. The summed E-state index contributed by atoms with van der Waals surface area (Å²) in [6.45, 7) is 1.99. The summed E-state index contributed by atoms with van der Waals surface area (Å²) < 4.78 is 8.24. The third-order valence-corrected chi connectivity index (χ3v) is 5.30. The fraction of sp³-hybridized carbons (Fsp3) is 0.158. The molecule has 0 radical (unpaired) electrons. The van der Waals surface area contributed by atoms with Crippen LogP contribution in [0, 0.1) is 17.0 Å². The van der Waals surface area contributed by atoms with E-state index in [9.17, 15) is 14.9 Å². The molecule has 0 atom stereocenters. The number of carbonyl (C=O) groups is 1.